The maximum absolute atomic E-state index is 14.5. The van der Waals surface area contributed by atoms with Crippen molar-refractivity contribution in [2.75, 3.05) is 32.2 Å². The Bertz CT molecular complexity index is 1230. The highest BCUT2D eigenvalue weighted by Gasteiger charge is 2.65. The number of anilines is 1. The molecule has 9 nitrogen and oxygen atoms in total. The van der Waals surface area contributed by atoms with Crippen LogP contribution in [0.5, 0.6) is 5.75 Å². The molecule has 1 aromatic heterocycles. The number of ether oxygens (including phenoxy) is 5. The molecule has 13 heteroatoms. The lowest BCUT2D eigenvalue weighted by Gasteiger charge is -2.32. The van der Waals surface area contributed by atoms with Crippen molar-refractivity contribution in [2.24, 2.45) is 5.92 Å². The fourth-order valence-corrected chi connectivity index (χ4v) is 4.99. The van der Waals surface area contributed by atoms with Crippen LogP contribution in [0.25, 0.3) is 0 Å². The molecule has 1 unspecified atom stereocenters. The zero-order valence-electron chi connectivity index (χ0n) is 23.1. The second-order valence-corrected chi connectivity index (χ2v) is 10.5. The Morgan fingerprint density at radius 2 is 1.82 bits per heavy atom. The van der Waals surface area contributed by atoms with Gasteiger partial charge < -0.3 is 29.0 Å². The highest BCUT2D eigenvalue weighted by Crippen LogP contribution is 2.55. The van der Waals surface area contributed by atoms with E-state index in [1.165, 1.54) is 39.4 Å². The Morgan fingerprint density at radius 3 is 2.40 bits per heavy atom. The van der Waals surface area contributed by atoms with Crippen LogP contribution in [0.2, 0.25) is 0 Å². The number of carbonyl (C=O) groups excluding carboxylic acids is 1. The summed E-state index contributed by atoms with van der Waals surface area (Å²) in [7, 11) is 1.45. The van der Waals surface area contributed by atoms with Crippen molar-refractivity contribution >= 4 is 11.6 Å². The van der Waals surface area contributed by atoms with E-state index in [1.807, 2.05) is 0 Å². The second kappa shape index (κ2) is 11.2. The van der Waals surface area contributed by atoms with Gasteiger partial charge in [-0.05, 0) is 33.8 Å². The maximum Gasteiger partial charge on any atom is 0.417 e. The van der Waals surface area contributed by atoms with E-state index < -0.39 is 53.3 Å². The van der Waals surface area contributed by atoms with Crippen LogP contribution in [0.3, 0.4) is 0 Å². The largest absolute Gasteiger partial charge is 0.491 e. The van der Waals surface area contributed by atoms with Crippen LogP contribution >= 0.6 is 0 Å². The van der Waals surface area contributed by atoms with Gasteiger partial charge in [-0.15, -0.1) is 0 Å². The Kier molecular flexibility index (Phi) is 8.42. The fraction of sp³-hybridized carbons (Fsp3) is 0.593. The zero-order valence-corrected chi connectivity index (χ0v) is 23.1. The summed E-state index contributed by atoms with van der Waals surface area (Å²) in [6.45, 7) is 7.67. The van der Waals surface area contributed by atoms with Crippen molar-refractivity contribution in [2.45, 2.75) is 70.3 Å². The Hall–Kier alpha value is -2.87. The van der Waals surface area contributed by atoms with Crippen molar-refractivity contribution < 1.29 is 46.0 Å². The van der Waals surface area contributed by atoms with Crippen LogP contribution in [-0.4, -0.2) is 66.5 Å². The summed E-state index contributed by atoms with van der Waals surface area (Å²) >= 11 is 0. The van der Waals surface area contributed by atoms with Gasteiger partial charge in [-0.1, -0.05) is 13.0 Å². The molecule has 220 valence electrons. The molecule has 4 rings (SSSR count). The van der Waals surface area contributed by atoms with E-state index in [2.05, 4.69) is 15.3 Å². The topological polar surface area (TPSA) is 101 Å². The molecule has 3 heterocycles. The monoisotopic (exact) mass is 571 g/mol. The van der Waals surface area contributed by atoms with E-state index >= 15 is 0 Å². The SMILES string of the molecule is COCCOc1c([C@@H]2[C@@H](C(=O)Nc3cnc(C4COC(C)(C)O4)nc3)O[C@](C)(C(F)(F)F)[C@@H]2C)ccc(F)c1C. The number of hydrogen-bond donors (Lipinski definition) is 1. The minimum absolute atomic E-state index is 0.0276. The number of nitrogens with one attached hydrogen (secondary N) is 1. The molecule has 2 fully saturated rings. The number of hydrogen-bond acceptors (Lipinski definition) is 8. The smallest absolute Gasteiger partial charge is 0.417 e. The highest BCUT2D eigenvalue weighted by molar-refractivity contribution is 5.95. The summed E-state index contributed by atoms with van der Waals surface area (Å²) in [5.74, 6) is -4.21. The van der Waals surface area contributed by atoms with Crippen molar-refractivity contribution in [3.63, 3.8) is 0 Å². The number of nitrogens with zero attached hydrogens (tertiary/aromatic N) is 2. The molecule has 2 aromatic rings. The summed E-state index contributed by atoms with van der Waals surface area (Å²) in [5, 5.41) is 2.56. The first-order chi connectivity index (χ1) is 18.7. The number of methoxy groups -OCH3 is 1. The van der Waals surface area contributed by atoms with Gasteiger partial charge in [-0.3, -0.25) is 4.79 Å². The summed E-state index contributed by atoms with van der Waals surface area (Å²) < 4.78 is 84.8. The number of aromatic nitrogens is 2. The highest BCUT2D eigenvalue weighted by atomic mass is 19.4. The van der Waals surface area contributed by atoms with E-state index in [0.717, 1.165) is 13.0 Å². The molecule has 0 aliphatic carbocycles. The fourth-order valence-electron chi connectivity index (χ4n) is 4.99. The summed E-state index contributed by atoms with van der Waals surface area (Å²) in [5.41, 5.74) is -2.19. The number of amides is 1. The van der Waals surface area contributed by atoms with Gasteiger partial charge in [0.2, 0.25) is 0 Å². The average molecular weight is 572 g/mol. The number of rotatable bonds is 8. The summed E-state index contributed by atoms with van der Waals surface area (Å²) in [6, 6.07) is 2.47. The molecule has 1 aromatic carbocycles. The van der Waals surface area contributed by atoms with Crippen LogP contribution in [-0.2, 0) is 23.7 Å². The first-order valence-corrected chi connectivity index (χ1v) is 12.8. The third-order valence-corrected chi connectivity index (χ3v) is 7.43. The van der Waals surface area contributed by atoms with Crippen molar-refractivity contribution in [1.29, 1.82) is 0 Å². The predicted molar refractivity (Wildman–Crippen MR) is 134 cm³/mol. The average Bonchev–Trinajstić information content (AvgIpc) is 3.39. The third kappa shape index (κ3) is 5.78. The van der Waals surface area contributed by atoms with Crippen molar-refractivity contribution in [1.82, 2.24) is 9.97 Å². The molecule has 1 amide bonds. The van der Waals surface area contributed by atoms with Gasteiger partial charge in [0.05, 0.1) is 31.3 Å². The molecule has 2 saturated heterocycles. The van der Waals surface area contributed by atoms with Gasteiger partial charge in [0, 0.05) is 30.1 Å². The second-order valence-electron chi connectivity index (χ2n) is 10.5. The van der Waals surface area contributed by atoms with E-state index in [4.69, 9.17) is 23.7 Å². The minimum Gasteiger partial charge on any atom is -0.491 e. The Balaban J connectivity index is 1.65. The molecule has 40 heavy (non-hydrogen) atoms. The molecule has 1 N–H and O–H groups in total. The maximum atomic E-state index is 14.5. The van der Waals surface area contributed by atoms with Gasteiger partial charge in [0.1, 0.15) is 30.4 Å². The van der Waals surface area contributed by atoms with Gasteiger partial charge in [0.25, 0.3) is 5.91 Å². The number of benzene rings is 1. The van der Waals surface area contributed by atoms with E-state index in [-0.39, 0.29) is 42.4 Å². The van der Waals surface area contributed by atoms with E-state index in [1.54, 1.807) is 13.8 Å². The van der Waals surface area contributed by atoms with Gasteiger partial charge in [-0.2, -0.15) is 13.2 Å². The first kappa shape index (κ1) is 30.1. The van der Waals surface area contributed by atoms with Gasteiger partial charge in [-0.25, -0.2) is 14.4 Å². The summed E-state index contributed by atoms with van der Waals surface area (Å²) in [6.07, 6.45) is -4.25. The predicted octanol–water partition coefficient (Wildman–Crippen LogP) is 4.85. The minimum atomic E-state index is -4.80. The molecule has 0 bridgehead atoms. The molecule has 0 spiro atoms. The Morgan fingerprint density at radius 1 is 1.15 bits per heavy atom. The van der Waals surface area contributed by atoms with Crippen LogP contribution in [0, 0.1) is 18.7 Å². The number of carbonyl (C=O) groups is 1. The molecule has 5 atom stereocenters. The van der Waals surface area contributed by atoms with E-state index in [0.29, 0.717) is 5.82 Å². The quantitative estimate of drug-likeness (QED) is 0.355. The lowest BCUT2D eigenvalue weighted by molar-refractivity contribution is -0.272. The van der Waals surface area contributed by atoms with Crippen LogP contribution in [0.15, 0.2) is 24.5 Å². The molecular weight excluding hydrogens is 538 g/mol. The zero-order chi connectivity index (χ0) is 29.5. The number of halogens is 4. The number of alkyl halides is 3. The van der Waals surface area contributed by atoms with Gasteiger partial charge in [0.15, 0.2) is 17.2 Å². The van der Waals surface area contributed by atoms with Crippen molar-refractivity contribution in [3.8, 4) is 5.75 Å². The third-order valence-electron chi connectivity index (χ3n) is 7.43. The van der Waals surface area contributed by atoms with Gasteiger partial charge >= 0.3 is 6.18 Å². The lowest BCUT2D eigenvalue weighted by Crippen LogP contribution is -2.47. The van der Waals surface area contributed by atoms with Crippen molar-refractivity contribution in [3.05, 3.63) is 47.3 Å². The van der Waals surface area contributed by atoms with Crippen LogP contribution in [0.1, 0.15) is 56.7 Å². The molecule has 0 radical (unpaired) electrons. The normalized spacial score (nSPS) is 28.1. The summed E-state index contributed by atoms with van der Waals surface area (Å²) in [4.78, 5) is 21.9. The molecule has 2 aliphatic rings. The van der Waals surface area contributed by atoms with Crippen LogP contribution in [0.4, 0.5) is 23.2 Å². The van der Waals surface area contributed by atoms with Crippen LogP contribution < -0.4 is 10.1 Å². The first-order valence-electron chi connectivity index (χ1n) is 12.8. The van der Waals surface area contributed by atoms with E-state index in [9.17, 15) is 22.4 Å². The molecular formula is C27H33F4N3O6. The standard InChI is InChI=1S/C27H33F4N3O6/c1-14-18(28)8-7-17(21(14)37-10-9-36-6)20-15(2)26(5,27(29,30)31)40-22(20)24(35)34-16-11-32-23(33-12-16)19-13-38-25(3,4)39-19/h7-8,11-12,15,19-20,22H,9-10,13H2,1-6H3,(H,34,35)/t15-,19?,20-,22+,26+/m1/s1. The lowest BCUT2D eigenvalue weighted by atomic mass is 9.76. The molecule has 2 aliphatic heterocycles. The Labute approximate surface area is 229 Å². The molecule has 0 saturated carbocycles.